The minimum absolute atomic E-state index is 0.138. The highest BCUT2D eigenvalue weighted by Gasteiger charge is 2.29. The Bertz CT molecular complexity index is 1110. The molecule has 1 aliphatic heterocycles. The lowest BCUT2D eigenvalue weighted by molar-refractivity contribution is -0.201. The van der Waals surface area contributed by atoms with Crippen LogP contribution in [-0.4, -0.2) is 56.8 Å². The van der Waals surface area contributed by atoms with Crippen LogP contribution in [0.15, 0.2) is 36.4 Å². The van der Waals surface area contributed by atoms with Crippen molar-refractivity contribution < 1.29 is 23.6 Å². The molecule has 38 heavy (non-hydrogen) atoms. The predicted molar refractivity (Wildman–Crippen MR) is 148 cm³/mol. The summed E-state index contributed by atoms with van der Waals surface area (Å²) < 4.78 is 19.1. The number of methoxy groups -OCH3 is 1. The Kier molecular flexibility index (Phi) is 9.96. The van der Waals surface area contributed by atoms with Crippen LogP contribution in [-0.2, 0) is 16.2 Å². The van der Waals surface area contributed by atoms with E-state index in [1.165, 1.54) is 13.2 Å². The summed E-state index contributed by atoms with van der Waals surface area (Å²) in [6, 6.07) is 10.5. The summed E-state index contributed by atoms with van der Waals surface area (Å²) in [7, 11) is 1.43. The third kappa shape index (κ3) is 8.08. The third-order valence-corrected chi connectivity index (χ3v) is 6.36. The summed E-state index contributed by atoms with van der Waals surface area (Å²) in [5, 5.41) is 8.03. The number of carbonyl (C=O) groups excluding carboxylic acids is 2. The molecule has 1 aliphatic rings. The molecule has 0 unspecified atom stereocenters. The van der Waals surface area contributed by atoms with Crippen LogP contribution in [0.2, 0.25) is 0 Å². The lowest BCUT2D eigenvalue weighted by Gasteiger charge is -2.36. The average molecular weight is 529 g/mol. The molecular weight excluding hydrogens is 487 g/mol. The van der Waals surface area contributed by atoms with E-state index in [2.05, 4.69) is 29.4 Å². The van der Waals surface area contributed by atoms with Gasteiger partial charge in [-0.1, -0.05) is 19.9 Å². The molecule has 2 N–H and O–H groups in total. The molecule has 208 valence electrons. The van der Waals surface area contributed by atoms with Gasteiger partial charge in [-0.05, 0) is 69.0 Å². The number of hydrogen-bond donors (Lipinski definition) is 2. The van der Waals surface area contributed by atoms with Crippen LogP contribution in [0.5, 0.6) is 5.75 Å². The van der Waals surface area contributed by atoms with Gasteiger partial charge in [0.1, 0.15) is 0 Å². The average Bonchev–Trinajstić information content (AvgIpc) is 2.87. The monoisotopic (exact) mass is 528 g/mol. The number of benzene rings is 2. The van der Waals surface area contributed by atoms with Crippen LogP contribution < -0.4 is 20.3 Å². The van der Waals surface area contributed by atoms with Gasteiger partial charge in [-0.3, -0.25) is 4.79 Å². The van der Waals surface area contributed by atoms with Gasteiger partial charge in [-0.2, -0.15) is 0 Å². The van der Waals surface area contributed by atoms with Gasteiger partial charge in [0.25, 0.3) is 5.91 Å². The standard InChI is InChI=1S/C29H41FN4O4/c1-20(2)11-12-31-27(35)23-18-22(32-19-21-7-10-26(37-6)24(30)17-21)8-9-25(23)33-13-15-34(16-14-33)38-28(36)29(3,4)5/h7-10,17-18,20,32H,11-16,19H2,1-6H3,(H,31,35). The minimum Gasteiger partial charge on any atom is -0.494 e. The molecule has 0 spiro atoms. The van der Waals surface area contributed by atoms with Crippen molar-refractivity contribution in [3.05, 3.63) is 53.3 Å². The van der Waals surface area contributed by atoms with Crippen molar-refractivity contribution >= 4 is 23.3 Å². The van der Waals surface area contributed by atoms with Crippen LogP contribution >= 0.6 is 0 Å². The van der Waals surface area contributed by atoms with E-state index in [-0.39, 0.29) is 17.6 Å². The molecule has 0 saturated carbocycles. The van der Waals surface area contributed by atoms with Crippen molar-refractivity contribution in [1.82, 2.24) is 10.4 Å². The fraction of sp³-hybridized carbons (Fsp3) is 0.517. The van der Waals surface area contributed by atoms with Gasteiger partial charge in [-0.15, -0.1) is 5.06 Å². The van der Waals surface area contributed by atoms with Crippen LogP contribution in [0.1, 0.15) is 57.0 Å². The van der Waals surface area contributed by atoms with Gasteiger partial charge in [0.2, 0.25) is 0 Å². The van der Waals surface area contributed by atoms with E-state index in [1.54, 1.807) is 17.2 Å². The number of ether oxygens (including phenoxy) is 1. The number of nitrogens with one attached hydrogen (secondary N) is 2. The summed E-state index contributed by atoms with van der Waals surface area (Å²) in [6.45, 7) is 13.0. The third-order valence-electron chi connectivity index (χ3n) is 6.36. The second kappa shape index (κ2) is 13.0. The first-order valence-corrected chi connectivity index (χ1v) is 13.2. The van der Waals surface area contributed by atoms with Gasteiger partial charge >= 0.3 is 5.97 Å². The van der Waals surface area contributed by atoms with Gasteiger partial charge in [0.05, 0.1) is 31.2 Å². The molecule has 1 saturated heterocycles. The predicted octanol–water partition coefficient (Wildman–Crippen LogP) is 4.85. The van der Waals surface area contributed by atoms with Crippen LogP contribution in [0.4, 0.5) is 15.8 Å². The molecule has 2 aromatic carbocycles. The maximum Gasteiger partial charge on any atom is 0.330 e. The van der Waals surface area contributed by atoms with E-state index in [1.807, 2.05) is 39.0 Å². The van der Waals surface area contributed by atoms with E-state index in [9.17, 15) is 14.0 Å². The number of nitrogens with zero attached hydrogens (tertiary/aromatic N) is 2. The van der Waals surface area contributed by atoms with Crippen LogP contribution in [0.25, 0.3) is 0 Å². The highest BCUT2D eigenvalue weighted by Crippen LogP contribution is 2.27. The smallest absolute Gasteiger partial charge is 0.330 e. The van der Waals surface area contributed by atoms with E-state index >= 15 is 0 Å². The lowest BCUT2D eigenvalue weighted by atomic mass is 9.98. The highest BCUT2D eigenvalue weighted by molar-refractivity contribution is 6.00. The van der Waals surface area contributed by atoms with Gasteiger partial charge in [0.15, 0.2) is 11.6 Å². The molecule has 0 bridgehead atoms. The summed E-state index contributed by atoms with van der Waals surface area (Å²) >= 11 is 0. The number of hydrogen-bond acceptors (Lipinski definition) is 7. The molecule has 1 amide bonds. The van der Waals surface area contributed by atoms with Gasteiger partial charge in [0, 0.05) is 37.6 Å². The molecular formula is C29H41FN4O4. The Labute approximate surface area is 225 Å². The molecule has 3 rings (SSSR count). The number of carbonyl (C=O) groups is 2. The molecule has 8 nitrogen and oxygen atoms in total. The maximum atomic E-state index is 14.1. The number of piperazine rings is 1. The fourth-order valence-electron chi connectivity index (χ4n) is 3.97. The molecule has 1 fully saturated rings. The summed E-state index contributed by atoms with van der Waals surface area (Å²) in [6.07, 6.45) is 0.889. The second-order valence-corrected chi connectivity index (χ2v) is 11.0. The summed E-state index contributed by atoms with van der Waals surface area (Å²) in [5.74, 6) is -0.132. The van der Waals surface area contributed by atoms with E-state index < -0.39 is 11.2 Å². The molecule has 1 heterocycles. The molecule has 9 heteroatoms. The summed E-state index contributed by atoms with van der Waals surface area (Å²) in [4.78, 5) is 33.2. The van der Waals surface area contributed by atoms with Gasteiger partial charge in [-0.25, -0.2) is 9.18 Å². The van der Waals surface area contributed by atoms with Crippen LogP contribution in [0.3, 0.4) is 0 Å². The van der Waals surface area contributed by atoms with Crippen molar-refractivity contribution in [3.8, 4) is 5.75 Å². The van der Waals surface area contributed by atoms with E-state index in [0.717, 1.165) is 23.4 Å². The molecule has 0 aromatic heterocycles. The van der Waals surface area contributed by atoms with Gasteiger partial charge < -0.3 is 25.1 Å². The molecule has 0 aliphatic carbocycles. The largest absolute Gasteiger partial charge is 0.494 e. The minimum atomic E-state index is -0.571. The van der Waals surface area contributed by atoms with Crippen molar-refractivity contribution in [2.45, 2.75) is 47.6 Å². The van der Waals surface area contributed by atoms with Crippen molar-refractivity contribution in [1.29, 1.82) is 0 Å². The second-order valence-electron chi connectivity index (χ2n) is 11.0. The quantitative estimate of drug-likeness (QED) is 0.456. The normalized spacial score (nSPS) is 14.4. The zero-order valence-corrected chi connectivity index (χ0v) is 23.4. The van der Waals surface area contributed by atoms with Crippen molar-refractivity contribution in [2.24, 2.45) is 11.3 Å². The fourth-order valence-corrected chi connectivity index (χ4v) is 3.97. The van der Waals surface area contributed by atoms with Crippen LogP contribution in [0, 0.1) is 17.2 Å². The van der Waals surface area contributed by atoms with Crippen molar-refractivity contribution in [2.75, 3.05) is 50.1 Å². The Morgan fingerprint density at radius 3 is 2.37 bits per heavy atom. The van der Waals surface area contributed by atoms with Crippen molar-refractivity contribution in [3.63, 3.8) is 0 Å². The summed E-state index contributed by atoms with van der Waals surface area (Å²) in [5.41, 5.74) is 2.35. The first-order chi connectivity index (χ1) is 18.0. The first-order valence-electron chi connectivity index (χ1n) is 13.2. The molecule has 2 aromatic rings. The number of amides is 1. The Balaban J connectivity index is 1.73. The Morgan fingerprint density at radius 1 is 1.05 bits per heavy atom. The zero-order valence-electron chi connectivity index (χ0n) is 23.4. The first kappa shape index (κ1) is 29.2. The highest BCUT2D eigenvalue weighted by atomic mass is 19.1. The number of hydroxylamine groups is 2. The molecule has 0 atom stereocenters. The number of rotatable bonds is 10. The van der Waals surface area contributed by atoms with E-state index in [0.29, 0.717) is 50.7 Å². The SMILES string of the molecule is COc1ccc(CNc2ccc(N3CCN(OC(=O)C(C)(C)C)CC3)c(C(=O)NCCC(C)C)c2)cc1F. The Morgan fingerprint density at radius 2 is 1.76 bits per heavy atom. The maximum absolute atomic E-state index is 14.1. The number of anilines is 2. The topological polar surface area (TPSA) is 83.1 Å². The Hall–Kier alpha value is -3.33. The van der Waals surface area contributed by atoms with E-state index in [4.69, 9.17) is 9.57 Å². The lowest BCUT2D eigenvalue weighted by Crippen LogP contribution is -2.48. The zero-order chi connectivity index (χ0) is 27.9. The molecule has 0 radical (unpaired) electrons. The number of halogens is 1.